The molecule has 0 bridgehead atoms. The molecule has 2 rings (SSSR count). The second-order valence-corrected chi connectivity index (χ2v) is 8.92. The van der Waals surface area contributed by atoms with Crippen molar-refractivity contribution in [2.75, 3.05) is 0 Å². The van der Waals surface area contributed by atoms with Crippen molar-refractivity contribution in [3.8, 4) is 11.5 Å². The van der Waals surface area contributed by atoms with Crippen LogP contribution in [0.5, 0.6) is 11.5 Å². The van der Waals surface area contributed by atoms with Gasteiger partial charge in [-0.3, -0.25) is 14.7 Å². The Labute approximate surface area is 178 Å². The number of nitrogens with two attached hydrogens (primary N) is 1. The highest BCUT2D eigenvalue weighted by Gasteiger charge is 2.32. The molecule has 0 heterocycles. The zero-order valence-electron chi connectivity index (χ0n) is 18.3. The molecule has 0 spiro atoms. The number of aromatic hydroxyl groups is 1. The molecule has 1 amide bonds. The van der Waals surface area contributed by atoms with Crippen molar-refractivity contribution in [1.29, 1.82) is 0 Å². The first-order valence-corrected chi connectivity index (χ1v) is 10.0. The van der Waals surface area contributed by atoms with Gasteiger partial charge in [0.05, 0.1) is 12.1 Å². The van der Waals surface area contributed by atoms with Crippen LogP contribution in [-0.4, -0.2) is 28.9 Å². The van der Waals surface area contributed by atoms with Crippen molar-refractivity contribution in [2.24, 2.45) is 11.1 Å². The van der Waals surface area contributed by atoms with E-state index in [1.165, 1.54) is 12.1 Å². The molecule has 0 aliphatic heterocycles. The van der Waals surface area contributed by atoms with Gasteiger partial charge in [0, 0.05) is 5.41 Å². The van der Waals surface area contributed by atoms with Crippen LogP contribution in [0.1, 0.15) is 43.0 Å². The van der Waals surface area contributed by atoms with Gasteiger partial charge < -0.3 is 16.2 Å². The standard InChI is InChI=1S/C24H31N2O4/c1-14-10-17(11-15(2)21(14)28)13-20(22(29)24(3,4)5)26-23(30)19(25)12-16-6-8-18(27)9-7-16/h6-11,19-20,27H,12-13,25H2,1-5H3,(H,26,30)/t19-,20-/m0/s1. The fourth-order valence-corrected chi connectivity index (χ4v) is 3.38. The highest BCUT2D eigenvalue weighted by Crippen LogP contribution is 2.26. The third-order valence-electron chi connectivity index (χ3n) is 5.06. The number of benzene rings is 2. The number of amides is 1. The number of hydrogen-bond donors (Lipinski definition) is 3. The normalized spacial score (nSPS) is 13.5. The molecule has 2 atom stereocenters. The van der Waals surface area contributed by atoms with Crippen LogP contribution in [-0.2, 0) is 27.5 Å². The van der Waals surface area contributed by atoms with Gasteiger partial charge in [-0.25, -0.2) is 0 Å². The Morgan fingerprint density at radius 2 is 1.53 bits per heavy atom. The summed E-state index contributed by atoms with van der Waals surface area (Å²) in [5.41, 5.74) is 8.28. The van der Waals surface area contributed by atoms with Crippen LogP contribution in [0.2, 0.25) is 0 Å². The SMILES string of the molecule is Cc1cc(C[C@H](NC(=O)[C@@H](N)Cc2ccc(O)cc2)C(=O)C(C)(C)C)cc(C)c1[O]. The smallest absolute Gasteiger partial charge is 0.237 e. The number of rotatable bonds is 7. The van der Waals surface area contributed by atoms with Crippen LogP contribution in [0.15, 0.2) is 36.4 Å². The minimum atomic E-state index is -0.836. The van der Waals surface area contributed by atoms with Crippen LogP contribution < -0.4 is 11.1 Å². The van der Waals surface area contributed by atoms with E-state index in [4.69, 9.17) is 5.73 Å². The van der Waals surface area contributed by atoms with Crippen molar-refractivity contribution in [2.45, 2.75) is 59.5 Å². The van der Waals surface area contributed by atoms with Crippen molar-refractivity contribution >= 4 is 11.7 Å². The first-order chi connectivity index (χ1) is 13.9. The molecule has 6 heteroatoms. The first-order valence-electron chi connectivity index (χ1n) is 10.0. The number of carbonyl (C=O) groups is 2. The van der Waals surface area contributed by atoms with E-state index >= 15 is 0 Å². The lowest BCUT2D eigenvalue weighted by molar-refractivity contribution is -0.132. The van der Waals surface area contributed by atoms with Gasteiger partial charge in [-0.2, -0.15) is 0 Å². The molecule has 2 aromatic rings. The molecular weight excluding hydrogens is 380 g/mol. The van der Waals surface area contributed by atoms with Gasteiger partial charge in [-0.05, 0) is 61.1 Å². The van der Waals surface area contributed by atoms with Crippen LogP contribution in [0.3, 0.4) is 0 Å². The van der Waals surface area contributed by atoms with Gasteiger partial charge in [-0.15, -0.1) is 0 Å². The van der Waals surface area contributed by atoms with Crippen molar-refractivity contribution in [1.82, 2.24) is 5.32 Å². The van der Waals surface area contributed by atoms with Crippen LogP contribution >= 0.6 is 0 Å². The second kappa shape index (κ2) is 9.30. The lowest BCUT2D eigenvalue weighted by Crippen LogP contribution is -2.52. The summed E-state index contributed by atoms with van der Waals surface area (Å²) in [6.45, 7) is 8.91. The molecule has 0 fully saturated rings. The predicted molar refractivity (Wildman–Crippen MR) is 116 cm³/mol. The van der Waals surface area contributed by atoms with E-state index in [9.17, 15) is 19.8 Å². The Balaban J connectivity index is 2.19. The lowest BCUT2D eigenvalue weighted by atomic mass is 9.83. The Morgan fingerprint density at radius 3 is 2.03 bits per heavy atom. The third-order valence-corrected chi connectivity index (χ3v) is 5.06. The van der Waals surface area contributed by atoms with Crippen molar-refractivity contribution < 1.29 is 19.8 Å². The highest BCUT2D eigenvalue weighted by molar-refractivity contribution is 5.93. The predicted octanol–water partition coefficient (Wildman–Crippen LogP) is 3.37. The lowest BCUT2D eigenvalue weighted by Gasteiger charge is -2.27. The first kappa shape index (κ1) is 23.4. The third kappa shape index (κ3) is 6.07. The number of Topliss-reactive ketones (excluding diaryl/α,β-unsaturated/α-hetero) is 1. The summed E-state index contributed by atoms with van der Waals surface area (Å²) in [7, 11) is 0. The Kier molecular flexibility index (Phi) is 7.26. The number of nitrogens with one attached hydrogen (secondary N) is 1. The quantitative estimate of drug-likeness (QED) is 0.648. The van der Waals surface area contributed by atoms with Gasteiger partial charge in [0.1, 0.15) is 5.75 Å². The summed E-state index contributed by atoms with van der Waals surface area (Å²) in [6, 6.07) is 8.43. The van der Waals surface area contributed by atoms with Gasteiger partial charge in [-0.1, -0.05) is 45.0 Å². The van der Waals surface area contributed by atoms with E-state index in [0.717, 1.165) is 11.1 Å². The molecule has 4 N–H and O–H groups in total. The fraction of sp³-hybridized carbons (Fsp3) is 0.417. The maximum Gasteiger partial charge on any atom is 0.237 e. The number of phenols is 1. The molecule has 30 heavy (non-hydrogen) atoms. The van der Waals surface area contributed by atoms with E-state index in [-0.39, 0.29) is 30.1 Å². The number of hydrogen-bond acceptors (Lipinski definition) is 4. The second-order valence-electron chi connectivity index (χ2n) is 8.92. The van der Waals surface area contributed by atoms with Crippen LogP contribution in [0, 0.1) is 19.3 Å². The molecule has 2 aromatic carbocycles. The summed E-state index contributed by atoms with van der Waals surface area (Å²) in [5, 5.41) is 24.2. The molecule has 0 unspecified atom stereocenters. The van der Waals surface area contributed by atoms with Gasteiger partial charge in [0.25, 0.3) is 0 Å². The van der Waals surface area contributed by atoms with Gasteiger partial charge in [0.2, 0.25) is 5.91 Å². The summed E-state index contributed by atoms with van der Waals surface area (Å²) in [4.78, 5) is 25.8. The monoisotopic (exact) mass is 411 g/mol. The number of aryl methyl sites for hydroxylation is 2. The van der Waals surface area contributed by atoms with Crippen LogP contribution in [0.25, 0.3) is 0 Å². The summed E-state index contributed by atoms with van der Waals surface area (Å²) in [6.07, 6.45) is 0.571. The van der Waals surface area contributed by atoms with E-state index < -0.39 is 23.4 Å². The van der Waals surface area contributed by atoms with E-state index in [2.05, 4.69) is 5.32 Å². The van der Waals surface area contributed by atoms with Crippen LogP contribution in [0.4, 0.5) is 0 Å². The Bertz CT molecular complexity index is 891. The van der Waals surface area contributed by atoms with E-state index in [0.29, 0.717) is 11.1 Å². The molecular formula is C24H31N2O4. The number of phenolic OH excluding ortho intramolecular Hbond substituents is 1. The maximum atomic E-state index is 13.0. The number of carbonyl (C=O) groups excluding carboxylic acids is 2. The molecule has 161 valence electrons. The summed E-state index contributed by atoms with van der Waals surface area (Å²) >= 11 is 0. The van der Waals surface area contributed by atoms with E-state index in [1.807, 2.05) is 20.8 Å². The minimum Gasteiger partial charge on any atom is -0.508 e. The summed E-state index contributed by atoms with van der Waals surface area (Å²) < 4.78 is 0. The topological polar surface area (TPSA) is 112 Å². The number of ketones is 1. The Morgan fingerprint density at radius 1 is 1.00 bits per heavy atom. The van der Waals surface area contributed by atoms with E-state index in [1.54, 1.807) is 38.1 Å². The largest absolute Gasteiger partial charge is 0.508 e. The molecule has 1 radical (unpaired) electrons. The minimum absolute atomic E-state index is 0.0163. The average molecular weight is 412 g/mol. The zero-order valence-corrected chi connectivity index (χ0v) is 18.3. The Hall–Kier alpha value is -2.86. The molecule has 0 saturated carbocycles. The van der Waals surface area contributed by atoms with Gasteiger partial charge in [0.15, 0.2) is 11.5 Å². The van der Waals surface area contributed by atoms with Crippen molar-refractivity contribution in [3.05, 3.63) is 58.7 Å². The van der Waals surface area contributed by atoms with Gasteiger partial charge >= 0.3 is 0 Å². The zero-order chi connectivity index (χ0) is 22.6. The molecule has 0 aliphatic rings. The highest BCUT2D eigenvalue weighted by atomic mass is 16.3. The molecule has 0 saturated heterocycles. The summed E-state index contributed by atoms with van der Waals surface area (Å²) in [5.74, 6) is -0.395. The van der Waals surface area contributed by atoms with Crippen molar-refractivity contribution in [3.63, 3.8) is 0 Å². The fourth-order valence-electron chi connectivity index (χ4n) is 3.38. The maximum absolute atomic E-state index is 13.0. The molecule has 0 aliphatic carbocycles. The molecule has 6 nitrogen and oxygen atoms in total. The average Bonchev–Trinajstić information content (AvgIpc) is 2.65. The molecule has 0 aromatic heterocycles.